The standard InChI is InChI=1S/C21H21FN2O4S/c1-3-28-17-8-4-14(5-9-17)21(25)20-11-7-16(24(20)2)12-15-6-10-18(13-19(15)22)29(23,26)27/h4-11,13H,3,12H2,1-2H3,(H2,23,26,27). The molecule has 8 heteroatoms. The summed E-state index contributed by atoms with van der Waals surface area (Å²) in [6.45, 7) is 2.43. The van der Waals surface area contributed by atoms with Crippen molar-refractivity contribution < 1.29 is 22.3 Å². The normalized spacial score (nSPS) is 11.4. The van der Waals surface area contributed by atoms with Gasteiger partial charge in [-0.1, -0.05) is 6.07 Å². The molecular formula is C21H21FN2O4S. The number of carbonyl (C=O) groups excluding carboxylic acids is 1. The predicted molar refractivity (Wildman–Crippen MR) is 107 cm³/mol. The number of rotatable bonds is 7. The van der Waals surface area contributed by atoms with Crippen LogP contribution in [0.25, 0.3) is 0 Å². The third-order valence-electron chi connectivity index (χ3n) is 4.61. The van der Waals surface area contributed by atoms with E-state index in [1.807, 2.05) is 6.92 Å². The first-order chi connectivity index (χ1) is 13.7. The molecule has 0 saturated carbocycles. The van der Waals surface area contributed by atoms with Gasteiger partial charge in [-0.25, -0.2) is 17.9 Å². The summed E-state index contributed by atoms with van der Waals surface area (Å²) in [5, 5.41) is 5.03. The highest BCUT2D eigenvalue weighted by atomic mass is 32.2. The molecule has 1 aromatic heterocycles. The van der Waals surface area contributed by atoms with Crippen LogP contribution >= 0.6 is 0 Å². The number of ketones is 1. The number of aromatic nitrogens is 1. The Morgan fingerprint density at radius 1 is 1.10 bits per heavy atom. The Labute approximate surface area is 168 Å². The second-order valence-corrected chi connectivity index (χ2v) is 8.09. The maximum Gasteiger partial charge on any atom is 0.238 e. The van der Waals surface area contributed by atoms with Crippen LogP contribution in [0.5, 0.6) is 5.75 Å². The number of halogens is 1. The number of sulfonamides is 1. The van der Waals surface area contributed by atoms with Gasteiger partial charge in [0.05, 0.1) is 17.2 Å². The lowest BCUT2D eigenvalue weighted by Crippen LogP contribution is -2.13. The van der Waals surface area contributed by atoms with Crippen LogP contribution in [0.4, 0.5) is 4.39 Å². The van der Waals surface area contributed by atoms with Gasteiger partial charge in [-0.05, 0) is 61.0 Å². The number of carbonyl (C=O) groups is 1. The Kier molecular flexibility index (Phi) is 5.86. The Balaban J connectivity index is 1.83. The van der Waals surface area contributed by atoms with Crippen molar-refractivity contribution in [2.45, 2.75) is 18.2 Å². The lowest BCUT2D eigenvalue weighted by atomic mass is 10.1. The highest BCUT2D eigenvalue weighted by Gasteiger charge is 2.17. The van der Waals surface area contributed by atoms with Gasteiger partial charge in [-0.2, -0.15) is 0 Å². The number of nitrogens with two attached hydrogens (primary N) is 1. The van der Waals surface area contributed by atoms with Crippen molar-refractivity contribution in [3.05, 3.63) is 82.9 Å². The molecule has 1 heterocycles. The van der Waals surface area contributed by atoms with E-state index in [0.717, 1.165) is 6.07 Å². The van der Waals surface area contributed by atoms with Crippen molar-refractivity contribution >= 4 is 15.8 Å². The van der Waals surface area contributed by atoms with Gasteiger partial charge >= 0.3 is 0 Å². The number of primary sulfonamides is 1. The third-order valence-corrected chi connectivity index (χ3v) is 5.52. The molecule has 0 fully saturated rings. The smallest absolute Gasteiger partial charge is 0.238 e. The summed E-state index contributed by atoms with van der Waals surface area (Å²) in [5.41, 5.74) is 2.00. The van der Waals surface area contributed by atoms with E-state index < -0.39 is 15.8 Å². The summed E-state index contributed by atoms with van der Waals surface area (Å²) in [6.07, 6.45) is 0.198. The van der Waals surface area contributed by atoms with Crippen molar-refractivity contribution in [2.24, 2.45) is 12.2 Å². The van der Waals surface area contributed by atoms with E-state index in [1.165, 1.54) is 12.1 Å². The summed E-state index contributed by atoms with van der Waals surface area (Å²) in [6, 6.07) is 13.9. The highest BCUT2D eigenvalue weighted by Crippen LogP contribution is 2.21. The minimum absolute atomic E-state index is 0.160. The second kappa shape index (κ2) is 8.18. The average molecular weight is 416 g/mol. The van der Waals surface area contributed by atoms with Crippen LogP contribution in [0.3, 0.4) is 0 Å². The molecule has 0 atom stereocenters. The number of hydrogen-bond acceptors (Lipinski definition) is 4. The monoisotopic (exact) mass is 416 g/mol. The molecule has 0 spiro atoms. The van der Waals surface area contributed by atoms with E-state index in [2.05, 4.69) is 0 Å². The van der Waals surface area contributed by atoms with Crippen LogP contribution in [0.2, 0.25) is 0 Å². The molecule has 0 amide bonds. The molecule has 3 aromatic rings. The molecule has 2 aromatic carbocycles. The fraction of sp³-hybridized carbons (Fsp3) is 0.190. The zero-order valence-corrected chi connectivity index (χ0v) is 16.9. The van der Waals surface area contributed by atoms with E-state index in [9.17, 15) is 17.6 Å². The summed E-state index contributed by atoms with van der Waals surface area (Å²) < 4.78 is 44.1. The molecule has 3 rings (SSSR count). The summed E-state index contributed by atoms with van der Waals surface area (Å²) >= 11 is 0. The second-order valence-electron chi connectivity index (χ2n) is 6.53. The minimum atomic E-state index is -3.97. The molecule has 0 radical (unpaired) electrons. The Morgan fingerprint density at radius 2 is 1.79 bits per heavy atom. The van der Waals surface area contributed by atoms with Crippen molar-refractivity contribution in [3.63, 3.8) is 0 Å². The van der Waals surface area contributed by atoms with Crippen LogP contribution < -0.4 is 9.88 Å². The number of ether oxygens (including phenoxy) is 1. The first kappa shape index (κ1) is 20.8. The van der Waals surface area contributed by atoms with Crippen molar-refractivity contribution in [1.29, 1.82) is 0 Å². The quantitative estimate of drug-likeness (QED) is 0.600. The topological polar surface area (TPSA) is 91.4 Å². The maximum absolute atomic E-state index is 14.3. The van der Waals surface area contributed by atoms with Crippen molar-refractivity contribution in [3.8, 4) is 5.75 Å². The van der Waals surface area contributed by atoms with E-state index in [4.69, 9.17) is 9.88 Å². The van der Waals surface area contributed by atoms with Gasteiger partial charge in [0, 0.05) is 24.7 Å². The number of hydrogen-bond donors (Lipinski definition) is 1. The minimum Gasteiger partial charge on any atom is -0.494 e. The average Bonchev–Trinajstić information content (AvgIpc) is 3.03. The molecular weight excluding hydrogens is 395 g/mol. The molecule has 0 bridgehead atoms. The van der Waals surface area contributed by atoms with Gasteiger partial charge in [0.25, 0.3) is 0 Å². The zero-order valence-electron chi connectivity index (χ0n) is 16.1. The van der Waals surface area contributed by atoms with Crippen LogP contribution in [-0.2, 0) is 23.5 Å². The zero-order chi connectivity index (χ0) is 21.2. The molecule has 2 N–H and O–H groups in total. The van der Waals surface area contributed by atoms with Crippen molar-refractivity contribution in [1.82, 2.24) is 4.57 Å². The summed E-state index contributed by atoms with van der Waals surface area (Å²) in [7, 11) is -2.24. The third kappa shape index (κ3) is 4.55. The van der Waals surface area contributed by atoms with Crippen molar-refractivity contribution in [2.75, 3.05) is 6.61 Å². The van der Waals surface area contributed by atoms with Gasteiger partial charge < -0.3 is 9.30 Å². The van der Waals surface area contributed by atoms with Crippen LogP contribution in [-0.4, -0.2) is 25.4 Å². The molecule has 152 valence electrons. The van der Waals surface area contributed by atoms with Gasteiger partial charge in [0.1, 0.15) is 11.6 Å². The molecule has 0 aliphatic rings. The lowest BCUT2D eigenvalue weighted by Gasteiger charge is -2.09. The SMILES string of the molecule is CCOc1ccc(C(=O)c2ccc(Cc3ccc(S(N)(=O)=O)cc3F)n2C)cc1. The largest absolute Gasteiger partial charge is 0.494 e. The summed E-state index contributed by atoms with van der Waals surface area (Å²) in [5.74, 6) is -0.140. The molecule has 0 aliphatic heterocycles. The fourth-order valence-corrected chi connectivity index (χ4v) is 3.55. The number of benzene rings is 2. The molecule has 29 heavy (non-hydrogen) atoms. The van der Waals surface area contributed by atoms with E-state index in [-0.39, 0.29) is 17.1 Å². The van der Waals surface area contributed by atoms with Gasteiger partial charge in [0.15, 0.2) is 0 Å². The summed E-state index contributed by atoms with van der Waals surface area (Å²) in [4.78, 5) is 12.5. The van der Waals surface area contributed by atoms with E-state index >= 15 is 0 Å². The predicted octanol–water partition coefficient (Wildman–Crippen LogP) is 3.03. The van der Waals surface area contributed by atoms with Crippen LogP contribution in [0.1, 0.15) is 34.2 Å². The first-order valence-corrected chi connectivity index (χ1v) is 10.5. The fourth-order valence-electron chi connectivity index (χ4n) is 3.02. The Morgan fingerprint density at radius 3 is 2.38 bits per heavy atom. The highest BCUT2D eigenvalue weighted by molar-refractivity contribution is 7.89. The van der Waals surface area contributed by atoms with E-state index in [0.29, 0.717) is 34.9 Å². The Hall–Kier alpha value is -2.97. The molecule has 0 aliphatic carbocycles. The van der Waals surface area contributed by atoms with Crippen LogP contribution in [0, 0.1) is 5.82 Å². The van der Waals surface area contributed by atoms with Crippen LogP contribution in [0.15, 0.2) is 59.5 Å². The lowest BCUT2D eigenvalue weighted by molar-refractivity contribution is 0.103. The number of nitrogens with zero attached hydrogens (tertiary/aromatic N) is 1. The van der Waals surface area contributed by atoms with Gasteiger partial charge in [-0.15, -0.1) is 0 Å². The molecule has 0 saturated heterocycles. The van der Waals surface area contributed by atoms with Gasteiger partial charge in [0.2, 0.25) is 15.8 Å². The Bertz CT molecular complexity index is 1150. The van der Waals surface area contributed by atoms with Gasteiger partial charge in [-0.3, -0.25) is 4.79 Å². The van der Waals surface area contributed by atoms with E-state index in [1.54, 1.807) is 48.0 Å². The maximum atomic E-state index is 14.3. The molecule has 0 unspecified atom stereocenters. The molecule has 6 nitrogen and oxygen atoms in total. The first-order valence-electron chi connectivity index (χ1n) is 8.94.